The van der Waals surface area contributed by atoms with E-state index >= 15 is 0 Å². The van der Waals surface area contributed by atoms with Crippen LogP contribution < -0.4 is 5.32 Å². The summed E-state index contributed by atoms with van der Waals surface area (Å²) in [4.78, 5) is 11.0. The summed E-state index contributed by atoms with van der Waals surface area (Å²) in [6.07, 6.45) is 7.76. The molecule has 0 aromatic carbocycles. The van der Waals surface area contributed by atoms with Crippen LogP contribution in [0.2, 0.25) is 5.15 Å². The van der Waals surface area contributed by atoms with Crippen LogP contribution in [0.1, 0.15) is 38.2 Å². The molecule has 20 heavy (non-hydrogen) atoms. The van der Waals surface area contributed by atoms with Crippen molar-refractivity contribution in [2.45, 2.75) is 51.1 Å². The fourth-order valence-corrected chi connectivity index (χ4v) is 4.06. The zero-order chi connectivity index (χ0) is 14.1. The average Bonchev–Trinajstić information content (AvgIpc) is 2.66. The SMILES string of the molecule is CCc1c(Cl)ncnc1NCC1CC2CCC(C1)N2C. The van der Waals surface area contributed by atoms with Crippen molar-refractivity contribution in [1.82, 2.24) is 14.9 Å². The molecule has 0 spiro atoms. The molecule has 3 rings (SSSR count). The highest BCUT2D eigenvalue weighted by molar-refractivity contribution is 6.30. The van der Waals surface area contributed by atoms with Gasteiger partial charge in [-0.2, -0.15) is 0 Å². The van der Waals surface area contributed by atoms with E-state index in [1.54, 1.807) is 6.33 Å². The van der Waals surface area contributed by atoms with Gasteiger partial charge in [0.25, 0.3) is 0 Å². The second-order valence-corrected chi connectivity index (χ2v) is 6.47. The molecule has 2 atom stereocenters. The first kappa shape index (κ1) is 14.1. The van der Waals surface area contributed by atoms with Crippen molar-refractivity contribution in [2.24, 2.45) is 5.92 Å². The van der Waals surface area contributed by atoms with Gasteiger partial charge in [0.2, 0.25) is 0 Å². The average molecular weight is 295 g/mol. The second kappa shape index (κ2) is 5.86. The van der Waals surface area contributed by atoms with Crippen molar-refractivity contribution >= 4 is 17.4 Å². The molecular weight excluding hydrogens is 272 g/mol. The van der Waals surface area contributed by atoms with Gasteiger partial charge in [-0.1, -0.05) is 18.5 Å². The molecule has 2 saturated heterocycles. The van der Waals surface area contributed by atoms with Crippen LogP contribution in [0.15, 0.2) is 6.33 Å². The monoisotopic (exact) mass is 294 g/mol. The smallest absolute Gasteiger partial charge is 0.137 e. The van der Waals surface area contributed by atoms with Gasteiger partial charge in [-0.05, 0) is 45.1 Å². The molecule has 2 aliphatic heterocycles. The van der Waals surface area contributed by atoms with Gasteiger partial charge in [-0.25, -0.2) is 9.97 Å². The largest absolute Gasteiger partial charge is 0.369 e. The maximum absolute atomic E-state index is 6.13. The van der Waals surface area contributed by atoms with Crippen LogP contribution in [0, 0.1) is 5.92 Å². The molecule has 0 saturated carbocycles. The highest BCUT2D eigenvalue weighted by Crippen LogP contribution is 2.37. The Morgan fingerprint density at radius 3 is 2.65 bits per heavy atom. The summed E-state index contributed by atoms with van der Waals surface area (Å²) in [6, 6.07) is 1.58. The van der Waals surface area contributed by atoms with E-state index in [0.29, 0.717) is 5.15 Å². The van der Waals surface area contributed by atoms with E-state index in [2.05, 4.69) is 34.2 Å². The van der Waals surface area contributed by atoms with E-state index in [4.69, 9.17) is 11.6 Å². The number of nitrogens with zero attached hydrogens (tertiary/aromatic N) is 3. The standard InChI is InChI=1S/C15H23ClN4/c1-3-13-14(16)18-9-19-15(13)17-8-10-6-11-4-5-12(7-10)20(11)2/h9-12H,3-8H2,1-2H3,(H,17,18,19). The van der Waals surface area contributed by atoms with E-state index < -0.39 is 0 Å². The molecule has 2 fully saturated rings. The van der Waals surface area contributed by atoms with Gasteiger partial charge in [-0.15, -0.1) is 0 Å². The molecule has 0 radical (unpaired) electrons. The van der Waals surface area contributed by atoms with Crippen LogP contribution in [0.3, 0.4) is 0 Å². The number of hydrogen-bond acceptors (Lipinski definition) is 4. The minimum Gasteiger partial charge on any atom is -0.369 e. The van der Waals surface area contributed by atoms with Gasteiger partial charge in [0.05, 0.1) is 0 Å². The molecule has 5 heteroatoms. The van der Waals surface area contributed by atoms with Crippen LogP contribution in [0.4, 0.5) is 5.82 Å². The van der Waals surface area contributed by atoms with E-state index in [0.717, 1.165) is 42.3 Å². The highest BCUT2D eigenvalue weighted by Gasteiger charge is 2.38. The number of rotatable bonds is 4. The molecule has 1 aromatic rings. The normalized spacial score (nSPS) is 29.6. The van der Waals surface area contributed by atoms with E-state index in [1.807, 2.05) is 0 Å². The van der Waals surface area contributed by atoms with Gasteiger partial charge >= 0.3 is 0 Å². The number of anilines is 1. The van der Waals surface area contributed by atoms with E-state index in [1.165, 1.54) is 25.7 Å². The van der Waals surface area contributed by atoms with Crippen LogP contribution >= 0.6 is 11.6 Å². The molecule has 2 unspecified atom stereocenters. The topological polar surface area (TPSA) is 41.1 Å². The fourth-order valence-electron chi connectivity index (χ4n) is 3.79. The third-order valence-corrected chi connectivity index (χ3v) is 5.33. The van der Waals surface area contributed by atoms with Gasteiger partial charge in [0, 0.05) is 24.2 Å². The Kier molecular flexibility index (Phi) is 4.13. The number of fused-ring (bicyclic) bond motifs is 2. The van der Waals surface area contributed by atoms with Crippen molar-refractivity contribution in [2.75, 3.05) is 18.9 Å². The Morgan fingerprint density at radius 2 is 2.00 bits per heavy atom. The Labute approximate surface area is 125 Å². The molecule has 2 aliphatic rings. The number of halogens is 1. The lowest BCUT2D eigenvalue weighted by Gasteiger charge is -2.36. The minimum absolute atomic E-state index is 0.577. The summed E-state index contributed by atoms with van der Waals surface area (Å²) in [6.45, 7) is 3.09. The van der Waals surface area contributed by atoms with Crippen molar-refractivity contribution in [3.8, 4) is 0 Å². The molecule has 0 aliphatic carbocycles. The Morgan fingerprint density at radius 1 is 1.30 bits per heavy atom. The first-order chi connectivity index (χ1) is 9.69. The van der Waals surface area contributed by atoms with E-state index in [9.17, 15) is 0 Å². The summed E-state index contributed by atoms with van der Waals surface area (Å²) in [5, 5.41) is 4.08. The number of aromatic nitrogens is 2. The summed E-state index contributed by atoms with van der Waals surface area (Å²) in [5.41, 5.74) is 1.03. The van der Waals surface area contributed by atoms with Crippen molar-refractivity contribution in [3.63, 3.8) is 0 Å². The van der Waals surface area contributed by atoms with Crippen LogP contribution in [0.5, 0.6) is 0 Å². The fraction of sp³-hybridized carbons (Fsp3) is 0.733. The molecule has 3 heterocycles. The minimum atomic E-state index is 0.577. The summed E-state index contributed by atoms with van der Waals surface area (Å²) in [5.74, 6) is 1.67. The van der Waals surface area contributed by atoms with Crippen LogP contribution in [-0.2, 0) is 6.42 Å². The Hall–Kier alpha value is -0.870. The number of piperidine rings is 1. The third-order valence-electron chi connectivity index (χ3n) is 5.00. The molecule has 1 N–H and O–H groups in total. The molecule has 110 valence electrons. The predicted octanol–water partition coefficient (Wildman–Crippen LogP) is 2.98. The molecular formula is C15H23ClN4. The molecule has 2 bridgehead atoms. The second-order valence-electron chi connectivity index (χ2n) is 6.11. The Balaban J connectivity index is 1.62. The maximum atomic E-state index is 6.13. The van der Waals surface area contributed by atoms with Gasteiger partial charge < -0.3 is 10.2 Å². The highest BCUT2D eigenvalue weighted by atomic mass is 35.5. The molecule has 4 nitrogen and oxygen atoms in total. The Bertz CT molecular complexity index is 465. The van der Waals surface area contributed by atoms with Gasteiger partial charge in [-0.3, -0.25) is 0 Å². The predicted molar refractivity (Wildman–Crippen MR) is 82.2 cm³/mol. The number of hydrogen-bond donors (Lipinski definition) is 1. The first-order valence-corrected chi connectivity index (χ1v) is 8.02. The lowest BCUT2D eigenvalue weighted by molar-refractivity contribution is 0.139. The van der Waals surface area contributed by atoms with Crippen molar-refractivity contribution in [3.05, 3.63) is 17.0 Å². The summed E-state index contributed by atoms with van der Waals surface area (Å²) in [7, 11) is 2.28. The summed E-state index contributed by atoms with van der Waals surface area (Å²) < 4.78 is 0. The zero-order valence-corrected chi connectivity index (χ0v) is 13.0. The van der Waals surface area contributed by atoms with Gasteiger partial charge in [0.1, 0.15) is 17.3 Å². The lowest BCUT2D eigenvalue weighted by atomic mass is 9.91. The van der Waals surface area contributed by atoms with Crippen LogP contribution in [-0.4, -0.2) is 40.5 Å². The van der Waals surface area contributed by atoms with Crippen LogP contribution in [0.25, 0.3) is 0 Å². The third kappa shape index (κ3) is 2.63. The molecule has 0 amide bonds. The first-order valence-electron chi connectivity index (χ1n) is 7.64. The number of nitrogens with one attached hydrogen (secondary N) is 1. The summed E-state index contributed by atoms with van der Waals surface area (Å²) >= 11 is 6.13. The lowest BCUT2D eigenvalue weighted by Crippen LogP contribution is -2.41. The van der Waals surface area contributed by atoms with E-state index in [-0.39, 0.29) is 0 Å². The maximum Gasteiger partial charge on any atom is 0.137 e. The van der Waals surface area contributed by atoms with Gasteiger partial charge in [0.15, 0.2) is 0 Å². The quantitative estimate of drug-likeness (QED) is 0.867. The zero-order valence-electron chi connectivity index (χ0n) is 12.3. The van der Waals surface area contributed by atoms with Crippen molar-refractivity contribution in [1.29, 1.82) is 0 Å². The molecule has 1 aromatic heterocycles. The van der Waals surface area contributed by atoms with Crippen molar-refractivity contribution < 1.29 is 0 Å².